The molecule has 0 saturated heterocycles. The molecule has 1 aromatic rings. The predicted molar refractivity (Wildman–Crippen MR) is 54.0 cm³/mol. The molecule has 1 aromatic carbocycles. The quantitative estimate of drug-likeness (QED) is 0.341. The summed E-state index contributed by atoms with van der Waals surface area (Å²) in [4.78, 5) is 10.00. The van der Waals surface area contributed by atoms with Crippen molar-refractivity contribution in [1.29, 1.82) is 0 Å². The Hall–Kier alpha value is -1.09. The summed E-state index contributed by atoms with van der Waals surface area (Å²) in [6.07, 6.45) is 0. The summed E-state index contributed by atoms with van der Waals surface area (Å²) in [6, 6.07) is 6.42. The number of nitro groups is 1. The standard InChI is InChI=1S/C8H4INO2/c9-6-5-7-3-1-2-4-8(7)10(11)12/h1-4H. The highest BCUT2D eigenvalue weighted by Gasteiger charge is 2.08. The number of halogens is 1. The van der Waals surface area contributed by atoms with E-state index in [0.717, 1.165) is 0 Å². The van der Waals surface area contributed by atoms with Crippen LogP contribution in [0.25, 0.3) is 0 Å². The van der Waals surface area contributed by atoms with Gasteiger partial charge in [-0.15, -0.1) is 0 Å². The summed E-state index contributed by atoms with van der Waals surface area (Å²) in [7, 11) is 0. The lowest BCUT2D eigenvalue weighted by Crippen LogP contribution is -1.90. The Bertz CT molecular complexity index is 365. The fourth-order valence-corrected chi connectivity index (χ4v) is 1.08. The fraction of sp³-hybridized carbons (Fsp3) is 0. The molecule has 12 heavy (non-hydrogen) atoms. The van der Waals surface area contributed by atoms with Crippen molar-refractivity contribution in [2.75, 3.05) is 0 Å². The first-order chi connectivity index (χ1) is 5.75. The first-order valence-corrected chi connectivity index (χ1v) is 4.18. The Morgan fingerprint density at radius 2 is 2.08 bits per heavy atom. The molecule has 0 saturated carbocycles. The fourth-order valence-electron chi connectivity index (χ4n) is 0.789. The van der Waals surface area contributed by atoms with E-state index >= 15 is 0 Å². The Morgan fingerprint density at radius 1 is 1.42 bits per heavy atom. The van der Waals surface area contributed by atoms with Crippen LogP contribution in [0.3, 0.4) is 0 Å². The van der Waals surface area contributed by atoms with Crippen LogP contribution < -0.4 is 0 Å². The highest BCUT2D eigenvalue weighted by Crippen LogP contribution is 2.15. The van der Waals surface area contributed by atoms with Crippen LogP contribution in [0.15, 0.2) is 24.3 Å². The van der Waals surface area contributed by atoms with Crippen molar-refractivity contribution in [3.63, 3.8) is 0 Å². The molecule has 0 aliphatic carbocycles. The van der Waals surface area contributed by atoms with E-state index in [9.17, 15) is 10.1 Å². The summed E-state index contributed by atoms with van der Waals surface area (Å²) in [6.45, 7) is 0. The van der Waals surface area contributed by atoms with E-state index in [1.54, 1.807) is 18.2 Å². The Morgan fingerprint density at radius 3 is 2.67 bits per heavy atom. The summed E-state index contributed by atoms with van der Waals surface area (Å²) >= 11 is 1.85. The van der Waals surface area contributed by atoms with Gasteiger partial charge in [0.25, 0.3) is 5.69 Å². The average molecular weight is 273 g/mol. The first-order valence-electron chi connectivity index (χ1n) is 3.11. The summed E-state index contributed by atoms with van der Waals surface area (Å²) in [5.41, 5.74) is 0.513. The van der Waals surface area contributed by atoms with Gasteiger partial charge in [0.05, 0.1) is 4.92 Å². The summed E-state index contributed by atoms with van der Waals surface area (Å²) in [5.74, 6) is 2.65. The second-order valence-corrected chi connectivity index (χ2v) is 2.53. The van der Waals surface area contributed by atoms with E-state index in [-0.39, 0.29) is 5.69 Å². The van der Waals surface area contributed by atoms with Crippen LogP contribution in [-0.4, -0.2) is 4.92 Å². The van der Waals surface area contributed by atoms with E-state index in [2.05, 4.69) is 9.85 Å². The van der Waals surface area contributed by atoms with Gasteiger partial charge in [-0.25, -0.2) is 0 Å². The van der Waals surface area contributed by atoms with Crippen molar-refractivity contribution in [2.24, 2.45) is 0 Å². The van der Waals surface area contributed by atoms with E-state index in [1.807, 2.05) is 22.6 Å². The van der Waals surface area contributed by atoms with E-state index in [4.69, 9.17) is 0 Å². The number of hydrogen-bond donors (Lipinski definition) is 0. The zero-order chi connectivity index (χ0) is 8.97. The van der Waals surface area contributed by atoms with Gasteiger partial charge in [-0.3, -0.25) is 10.1 Å². The molecule has 0 aliphatic rings. The normalized spacial score (nSPS) is 8.42. The van der Waals surface area contributed by atoms with Crippen molar-refractivity contribution in [3.05, 3.63) is 39.9 Å². The molecular weight excluding hydrogens is 269 g/mol. The highest BCUT2D eigenvalue weighted by atomic mass is 127. The third-order valence-electron chi connectivity index (χ3n) is 1.28. The maximum absolute atomic E-state index is 10.4. The molecule has 1 rings (SSSR count). The molecule has 0 aliphatic heterocycles. The largest absolute Gasteiger partial charge is 0.284 e. The van der Waals surface area contributed by atoms with Gasteiger partial charge in [0.2, 0.25) is 0 Å². The molecule has 60 valence electrons. The maximum Gasteiger partial charge on any atom is 0.284 e. The van der Waals surface area contributed by atoms with Gasteiger partial charge in [-0.05, 0) is 15.9 Å². The molecule has 0 spiro atoms. The third kappa shape index (κ3) is 1.95. The Balaban J connectivity index is 3.23. The minimum absolute atomic E-state index is 0.0571. The van der Waals surface area contributed by atoms with E-state index in [1.165, 1.54) is 6.07 Å². The average Bonchev–Trinajstić information content (AvgIpc) is 2.05. The molecule has 0 bridgehead atoms. The predicted octanol–water partition coefficient (Wildman–Crippen LogP) is 2.34. The van der Waals surface area contributed by atoms with Crippen LogP contribution in [0.5, 0.6) is 0 Å². The monoisotopic (exact) mass is 273 g/mol. The van der Waals surface area contributed by atoms with Crippen molar-refractivity contribution >= 4 is 28.3 Å². The molecular formula is C8H4INO2. The smallest absolute Gasteiger partial charge is 0.258 e. The van der Waals surface area contributed by atoms with Crippen molar-refractivity contribution in [2.45, 2.75) is 0 Å². The number of nitro benzene ring substituents is 1. The van der Waals surface area contributed by atoms with Gasteiger partial charge in [0.15, 0.2) is 0 Å². The second kappa shape index (κ2) is 4.07. The number of benzene rings is 1. The number of para-hydroxylation sites is 1. The number of nitrogens with zero attached hydrogens (tertiary/aromatic N) is 1. The molecule has 3 nitrogen and oxygen atoms in total. The van der Waals surface area contributed by atoms with E-state index in [0.29, 0.717) is 5.56 Å². The van der Waals surface area contributed by atoms with Gasteiger partial charge in [0.1, 0.15) is 5.56 Å². The highest BCUT2D eigenvalue weighted by molar-refractivity contribution is 14.1. The lowest BCUT2D eigenvalue weighted by atomic mass is 10.2. The minimum atomic E-state index is -0.434. The Labute approximate surface area is 83.1 Å². The number of rotatable bonds is 1. The van der Waals surface area contributed by atoms with Gasteiger partial charge in [-0.1, -0.05) is 12.1 Å². The molecule has 4 heteroatoms. The molecule has 0 atom stereocenters. The molecule has 0 radical (unpaired) electrons. The lowest BCUT2D eigenvalue weighted by molar-refractivity contribution is -0.385. The van der Waals surface area contributed by atoms with Gasteiger partial charge < -0.3 is 0 Å². The second-order valence-electron chi connectivity index (χ2n) is 1.99. The summed E-state index contributed by atoms with van der Waals surface area (Å²) < 4.78 is 2.59. The van der Waals surface area contributed by atoms with Crippen LogP contribution in [0.4, 0.5) is 5.69 Å². The van der Waals surface area contributed by atoms with Gasteiger partial charge in [-0.2, -0.15) is 0 Å². The topological polar surface area (TPSA) is 43.1 Å². The first kappa shape index (κ1) is 9.00. The molecule has 0 N–H and O–H groups in total. The zero-order valence-corrected chi connectivity index (χ0v) is 8.11. The minimum Gasteiger partial charge on any atom is -0.258 e. The van der Waals surface area contributed by atoms with Crippen LogP contribution in [-0.2, 0) is 0 Å². The SMILES string of the molecule is O=[N+]([O-])c1ccccc1C#CI. The van der Waals surface area contributed by atoms with Crippen LogP contribution in [0.1, 0.15) is 5.56 Å². The molecule has 0 unspecified atom stereocenters. The molecule has 0 aromatic heterocycles. The zero-order valence-electron chi connectivity index (χ0n) is 5.95. The Kier molecular flexibility index (Phi) is 3.05. The van der Waals surface area contributed by atoms with Crippen molar-refractivity contribution in [3.8, 4) is 9.85 Å². The van der Waals surface area contributed by atoms with E-state index < -0.39 is 4.92 Å². The van der Waals surface area contributed by atoms with Gasteiger partial charge >= 0.3 is 0 Å². The van der Waals surface area contributed by atoms with Crippen LogP contribution in [0.2, 0.25) is 0 Å². The summed E-state index contributed by atoms with van der Waals surface area (Å²) in [5, 5.41) is 10.4. The third-order valence-corrected chi connectivity index (χ3v) is 1.55. The van der Waals surface area contributed by atoms with Crippen LogP contribution >= 0.6 is 22.6 Å². The molecule has 0 fully saturated rings. The molecule has 0 amide bonds. The van der Waals surface area contributed by atoms with Crippen molar-refractivity contribution in [1.82, 2.24) is 0 Å². The van der Waals surface area contributed by atoms with Gasteiger partial charge in [0, 0.05) is 28.7 Å². The maximum atomic E-state index is 10.4. The number of hydrogen-bond acceptors (Lipinski definition) is 2. The van der Waals surface area contributed by atoms with Crippen molar-refractivity contribution < 1.29 is 4.92 Å². The van der Waals surface area contributed by atoms with Crippen LogP contribution in [0, 0.1) is 20.0 Å². The lowest BCUT2D eigenvalue weighted by Gasteiger charge is -1.92. The molecule has 0 heterocycles.